The van der Waals surface area contributed by atoms with Crippen molar-refractivity contribution in [1.82, 2.24) is 4.98 Å². The van der Waals surface area contributed by atoms with Gasteiger partial charge in [-0.2, -0.15) is 0 Å². The van der Waals surface area contributed by atoms with Gasteiger partial charge >= 0.3 is 5.97 Å². The maximum atomic E-state index is 13.8. The summed E-state index contributed by atoms with van der Waals surface area (Å²) < 4.78 is 17.4. The first-order valence-corrected chi connectivity index (χ1v) is 13.0. The molecule has 5 aromatic rings. The molecule has 1 aliphatic heterocycles. The van der Waals surface area contributed by atoms with Gasteiger partial charge in [0.15, 0.2) is 10.6 Å². The molecule has 0 bridgehead atoms. The number of fused-ring (bicyclic) bond motifs is 3. The van der Waals surface area contributed by atoms with Gasteiger partial charge in [0.1, 0.15) is 11.3 Å². The number of thiazole rings is 1. The molecule has 1 amide bonds. The molecule has 0 saturated carbocycles. The molecule has 0 N–H and O–H groups in total. The summed E-state index contributed by atoms with van der Waals surface area (Å²) in [5.41, 5.74) is 2.09. The molecule has 1 aliphatic rings. The average Bonchev–Trinajstić information content (AvgIpc) is 3.48. The highest BCUT2D eigenvalue weighted by Gasteiger charge is 2.45. The highest BCUT2D eigenvalue weighted by molar-refractivity contribution is 7.22. The minimum Gasteiger partial charge on any atom is -0.494 e. The van der Waals surface area contributed by atoms with Crippen molar-refractivity contribution in [2.24, 2.45) is 0 Å². The van der Waals surface area contributed by atoms with Crippen molar-refractivity contribution in [3.05, 3.63) is 99.4 Å². The normalized spacial score (nSPS) is 14.7. The summed E-state index contributed by atoms with van der Waals surface area (Å²) in [6.45, 7) is 4.44. The van der Waals surface area contributed by atoms with E-state index >= 15 is 0 Å². The van der Waals surface area contributed by atoms with Gasteiger partial charge in [-0.15, -0.1) is 0 Å². The number of esters is 1. The Bertz CT molecular complexity index is 1770. The summed E-state index contributed by atoms with van der Waals surface area (Å²) in [6, 6.07) is 18.5. The van der Waals surface area contributed by atoms with Crippen LogP contribution in [0.3, 0.4) is 0 Å². The van der Waals surface area contributed by atoms with E-state index < -0.39 is 17.9 Å². The number of carbonyl (C=O) groups excluding carboxylic acids is 2. The van der Waals surface area contributed by atoms with Crippen LogP contribution in [0.2, 0.25) is 0 Å². The van der Waals surface area contributed by atoms with E-state index in [9.17, 15) is 14.4 Å². The molecule has 0 radical (unpaired) electrons. The summed E-state index contributed by atoms with van der Waals surface area (Å²) in [7, 11) is 0. The van der Waals surface area contributed by atoms with Crippen LogP contribution in [0.5, 0.6) is 5.75 Å². The first kappa shape index (κ1) is 23.9. The van der Waals surface area contributed by atoms with Gasteiger partial charge in [0.05, 0.1) is 46.0 Å². The minimum atomic E-state index is -0.751. The van der Waals surface area contributed by atoms with Crippen LogP contribution in [0, 0.1) is 0 Å². The Hall–Kier alpha value is -4.50. The minimum absolute atomic E-state index is 0.000876. The van der Waals surface area contributed by atoms with Crippen molar-refractivity contribution in [2.75, 3.05) is 18.1 Å². The molecular weight excluding hydrogens is 504 g/mol. The molecule has 1 unspecified atom stereocenters. The molecule has 8 nitrogen and oxygen atoms in total. The topological polar surface area (TPSA) is 98.9 Å². The Morgan fingerprint density at radius 1 is 1.03 bits per heavy atom. The lowest BCUT2D eigenvalue weighted by molar-refractivity contribution is 0.0526. The summed E-state index contributed by atoms with van der Waals surface area (Å²) in [6.07, 6.45) is 0. The van der Waals surface area contributed by atoms with Gasteiger partial charge in [0, 0.05) is 0 Å². The first-order valence-electron chi connectivity index (χ1n) is 12.2. The zero-order valence-corrected chi connectivity index (χ0v) is 21.4. The number of nitrogens with zero attached hydrogens (tertiary/aromatic N) is 2. The Morgan fingerprint density at radius 3 is 2.58 bits per heavy atom. The van der Waals surface area contributed by atoms with E-state index in [2.05, 4.69) is 0 Å². The van der Waals surface area contributed by atoms with E-state index in [0.29, 0.717) is 44.2 Å². The number of benzene rings is 3. The van der Waals surface area contributed by atoms with Gasteiger partial charge in [0.25, 0.3) is 5.91 Å². The molecule has 190 valence electrons. The number of ether oxygens (including phenoxy) is 2. The molecule has 3 aromatic carbocycles. The SMILES string of the molecule is CCOC(=O)c1ccc2nc(N3C(=O)c4oc5ccccc5c(=O)c4C3c3ccc(OCC)cc3)sc2c1. The third-order valence-corrected chi connectivity index (χ3v) is 7.40. The average molecular weight is 527 g/mol. The third kappa shape index (κ3) is 3.83. The molecule has 3 heterocycles. The van der Waals surface area contributed by atoms with Gasteiger partial charge in [-0.25, -0.2) is 9.78 Å². The maximum Gasteiger partial charge on any atom is 0.338 e. The van der Waals surface area contributed by atoms with Gasteiger partial charge in [-0.1, -0.05) is 35.6 Å². The van der Waals surface area contributed by atoms with Crippen molar-refractivity contribution in [3.63, 3.8) is 0 Å². The second-order valence-corrected chi connectivity index (χ2v) is 9.66. The van der Waals surface area contributed by atoms with E-state index in [-0.39, 0.29) is 23.4 Å². The predicted octanol–water partition coefficient (Wildman–Crippen LogP) is 5.73. The van der Waals surface area contributed by atoms with Crippen LogP contribution in [0.15, 0.2) is 75.9 Å². The van der Waals surface area contributed by atoms with Crippen LogP contribution in [-0.4, -0.2) is 30.1 Å². The Morgan fingerprint density at radius 2 is 1.82 bits per heavy atom. The van der Waals surface area contributed by atoms with E-state index in [0.717, 1.165) is 5.56 Å². The molecule has 1 atom stereocenters. The fourth-order valence-corrected chi connectivity index (χ4v) is 5.73. The third-order valence-electron chi connectivity index (χ3n) is 6.38. The number of hydrogen-bond donors (Lipinski definition) is 0. The second-order valence-electron chi connectivity index (χ2n) is 8.65. The summed E-state index contributed by atoms with van der Waals surface area (Å²) in [5.74, 6) is -0.197. The highest BCUT2D eigenvalue weighted by atomic mass is 32.1. The number of para-hydroxylation sites is 1. The van der Waals surface area contributed by atoms with Crippen molar-refractivity contribution < 1.29 is 23.5 Å². The van der Waals surface area contributed by atoms with Crippen LogP contribution in [-0.2, 0) is 4.74 Å². The number of anilines is 1. The fourth-order valence-electron chi connectivity index (χ4n) is 4.70. The second kappa shape index (κ2) is 9.42. The van der Waals surface area contributed by atoms with Crippen LogP contribution in [0.4, 0.5) is 5.13 Å². The molecule has 9 heteroatoms. The monoisotopic (exact) mass is 526 g/mol. The van der Waals surface area contributed by atoms with Gasteiger partial charge in [0.2, 0.25) is 5.76 Å². The maximum absolute atomic E-state index is 13.8. The molecule has 38 heavy (non-hydrogen) atoms. The number of amides is 1. The lowest BCUT2D eigenvalue weighted by Crippen LogP contribution is -2.29. The standard InChI is InChI=1S/C29H22N2O6S/c1-3-35-18-12-9-16(10-13-18)24-23-25(32)19-7-5-6-8-21(19)37-26(23)27(33)31(24)29-30-20-14-11-17(15-22(20)38-29)28(34)36-4-2/h5-15,24H,3-4H2,1-2H3. The number of aromatic nitrogens is 1. The summed E-state index contributed by atoms with van der Waals surface area (Å²) >= 11 is 1.26. The Labute approximate surface area is 221 Å². The van der Waals surface area contributed by atoms with Crippen LogP contribution in [0.25, 0.3) is 21.2 Å². The number of hydrogen-bond acceptors (Lipinski definition) is 8. The van der Waals surface area contributed by atoms with Gasteiger partial charge in [-0.3, -0.25) is 14.5 Å². The molecule has 0 saturated heterocycles. The van der Waals surface area contributed by atoms with Crippen molar-refractivity contribution in [2.45, 2.75) is 19.9 Å². The predicted molar refractivity (Wildman–Crippen MR) is 144 cm³/mol. The van der Waals surface area contributed by atoms with E-state index in [4.69, 9.17) is 18.9 Å². The molecule has 0 aliphatic carbocycles. The highest BCUT2D eigenvalue weighted by Crippen LogP contribution is 2.44. The molecule has 6 rings (SSSR count). The Kier molecular flexibility index (Phi) is 5.92. The van der Waals surface area contributed by atoms with E-state index in [1.165, 1.54) is 16.2 Å². The van der Waals surface area contributed by atoms with E-state index in [1.54, 1.807) is 49.4 Å². The Balaban J connectivity index is 1.53. The summed E-state index contributed by atoms with van der Waals surface area (Å²) in [5, 5.41) is 0.792. The number of rotatable bonds is 6. The zero-order chi connectivity index (χ0) is 26.4. The molecule has 2 aromatic heterocycles. The van der Waals surface area contributed by atoms with Crippen molar-refractivity contribution in [1.29, 1.82) is 0 Å². The van der Waals surface area contributed by atoms with Crippen molar-refractivity contribution >= 4 is 49.5 Å². The fraction of sp³-hybridized carbons (Fsp3) is 0.172. The van der Waals surface area contributed by atoms with Crippen LogP contribution < -0.4 is 15.1 Å². The van der Waals surface area contributed by atoms with Gasteiger partial charge in [-0.05, 0) is 61.9 Å². The smallest absolute Gasteiger partial charge is 0.338 e. The lowest BCUT2D eigenvalue weighted by atomic mass is 9.98. The molecule has 0 spiro atoms. The zero-order valence-electron chi connectivity index (χ0n) is 20.6. The van der Waals surface area contributed by atoms with Gasteiger partial charge < -0.3 is 13.9 Å². The summed E-state index contributed by atoms with van der Waals surface area (Å²) in [4.78, 5) is 46.0. The lowest BCUT2D eigenvalue weighted by Gasteiger charge is -2.22. The number of carbonyl (C=O) groups is 2. The molecule has 0 fully saturated rings. The quantitative estimate of drug-likeness (QED) is 0.261. The first-order chi connectivity index (χ1) is 18.5. The van der Waals surface area contributed by atoms with Crippen LogP contribution >= 0.6 is 11.3 Å². The van der Waals surface area contributed by atoms with Crippen LogP contribution in [0.1, 0.15) is 51.9 Å². The molecular formula is C29H22N2O6S. The largest absolute Gasteiger partial charge is 0.494 e. The van der Waals surface area contributed by atoms with Crippen molar-refractivity contribution in [3.8, 4) is 5.75 Å². The van der Waals surface area contributed by atoms with E-state index in [1.807, 2.05) is 31.2 Å².